The van der Waals surface area contributed by atoms with E-state index in [4.69, 9.17) is 19.6 Å². The Morgan fingerprint density at radius 2 is 0.469 bits per heavy atom. The molecule has 24 heteroatoms. The largest absolute Gasteiger partial charge is 0.413 e. The van der Waals surface area contributed by atoms with E-state index in [1.54, 1.807) is 0 Å². The highest BCUT2D eigenvalue weighted by atomic mass is 31.2. The number of halogens is 16. The van der Waals surface area contributed by atoms with E-state index >= 15 is 0 Å². The third-order valence-corrected chi connectivity index (χ3v) is 5.48. The zero-order chi connectivity index (χ0) is 27.0. The van der Waals surface area contributed by atoms with E-state index in [1.807, 2.05) is 0 Å². The Morgan fingerprint density at radius 1 is 0.344 bits per heavy atom. The van der Waals surface area contributed by atoms with Gasteiger partial charge in [-0.1, -0.05) is 0 Å². The summed E-state index contributed by atoms with van der Waals surface area (Å²) in [6, 6.07) is 0. The molecule has 0 radical (unpaired) electrons. The number of alkyl halides is 16. The molecule has 0 saturated heterocycles. The maximum absolute atomic E-state index is 13.3. The lowest BCUT2D eigenvalue weighted by atomic mass is 9.91. The highest BCUT2D eigenvalue weighted by Gasteiger charge is 2.97. The molecule has 0 bridgehead atoms. The predicted molar refractivity (Wildman–Crippen MR) is 63.7 cm³/mol. The van der Waals surface area contributed by atoms with Crippen molar-refractivity contribution in [3.05, 3.63) is 0 Å². The third kappa shape index (κ3) is 3.60. The summed E-state index contributed by atoms with van der Waals surface area (Å²) >= 11 is 0. The van der Waals surface area contributed by atoms with Crippen LogP contribution >= 0.6 is 15.2 Å². The van der Waals surface area contributed by atoms with E-state index in [2.05, 4.69) is 0 Å². The first-order valence-electron chi connectivity index (χ1n) is 6.39. The van der Waals surface area contributed by atoms with Crippen molar-refractivity contribution in [2.75, 3.05) is 0 Å². The summed E-state index contributed by atoms with van der Waals surface area (Å²) in [4.78, 5) is 31.4. The molecule has 194 valence electrons. The van der Waals surface area contributed by atoms with Gasteiger partial charge in [-0.15, -0.1) is 0 Å². The minimum atomic E-state index is -8.97. The lowest BCUT2D eigenvalue weighted by Gasteiger charge is -2.43. The Morgan fingerprint density at radius 3 is 0.594 bits per heavy atom. The molecule has 0 aliphatic carbocycles. The molecule has 0 aromatic heterocycles. The fourth-order valence-electron chi connectivity index (χ4n) is 1.53. The van der Waals surface area contributed by atoms with Gasteiger partial charge in [-0.05, 0) is 0 Å². The summed E-state index contributed by atoms with van der Waals surface area (Å²) in [5, 5.41) is 0. The molecule has 0 aliphatic rings. The van der Waals surface area contributed by atoms with Crippen LogP contribution in [0.3, 0.4) is 0 Å². The number of rotatable bonds is 9. The predicted octanol–water partition coefficient (Wildman–Crippen LogP) is 4.34. The van der Waals surface area contributed by atoms with Gasteiger partial charge >= 0.3 is 62.1 Å². The van der Waals surface area contributed by atoms with Crippen molar-refractivity contribution in [3.8, 4) is 0 Å². The molecule has 0 spiro atoms. The van der Waals surface area contributed by atoms with E-state index in [-0.39, 0.29) is 0 Å². The fraction of sp³-hybridized carbons (Fsp3) is 1.00. The van der Waals surface area contributed by atoms with Crippen LogP contribution < -0.4 is 0 Å². The second-order valence-electron chi connectivity index (χ2n) is 5.62. The summed E-state index contributed by atoms with van der Waals surface area (Å²) in [7, 11) is -16.1. The van der Waals surface area contributed by atoms with Crippen LogP contribution in [0.25, 0.3) is 0 Å². The Bertz CT molecular complexity index is 758. The topological polar surface area (TPSA) is 115 Å². The molecule has 32 heavy (non-hydrogen) atoms. The van der Waals surface area contributed by atoms with Crippen LogP contribution in [0.1, 0.15) is 0 Å². The Kier molecular flexibility index (Phi) is 7.15. The molecule has 0 saturated carbocycles. The van der Waals surface area contributed by atoms with Gasteiger partial charge in [0, 0.05) is 0 Å². The summed E-state index contributed by atoms with van der Waals surface area (Å²) in [6.45, 7) is 0. The van der Waals surface area contributed by atoms with Gasteiger partial charge in [0.15, 0.2) is 0 Å². The molecule has 0 heterocycles. The maximum Gasteiger partial charge on any atom is 0.413 e. The van der Waals surface area contributed by atoms with Gasteiger partial charge in [-0.3, -0.25) is 9.13 Å². The molecule has 6 nitrogen and oxygen atoms in total. The highest BCUT2D eigenvalue weighted by molar-refractivity contribution is 7.53. The Hall–Kier alpha value is -0.820. The van der Waals surface area contributed by atoms with Gasteiger partial charge in [0.1, 0.15) is 0 Å². The van der Waals surface area contributed by atoms with Crippen LogP contribution in [0, 0.1) is 0 Å². The van der Waals surface area contributed by atoms with Crippen molar-refractivity contribution >= 4 is 15.2 Å². The van der Waals surface area contributed by atoms with Crippen molar-refractivity contribution in [2.45, 2.75) is 46.9 Å². The molecule has 0 aliphatic heterocycles. The molecule has 0 aromatic carbocycles. The molecule has 4 N–H and O–H groups in total. The van der Waals surface area contributed by atoms with E-state index in [0.29, 0.717) is 0 Å². The van der Waals surface area contributed by atoms with Crippen molar-refractivity contribution in [3.63, 3.8) is 0 Å². The van der Waals surface area contributed by atoms with Gasteiger partial charge in [0.25, 0.3) is 0 Å². The van der Waals surface area contributed by atoms with Crippen LogP contribution in [-0.4, -0.2) is 66.4 Å². The smallest absolute Gasteiger partial charge is 0.320 e. The van der Waals surface area contributed by atoms with E-state index in [9.17, 15) is 79.4 Å². The first-order chi connectivity index (χ1) is 13.2. The SMILES string of the molecule is O=P(O)(O)C(F)(F)C(F)(F)C(F)(F)C(F)(F)C(F)(F)C(F)(F)C(F)(F)C(F)(F)P(=O)(O)O. The second kappa shape index (κ2) is 7.34. The molecular weight excluding hydrogens is 558 g/mol. The van der Waals surface area contributed by atoms with Crippen LogP contribution in [-0.2, 0) is 9.13 Å². The normalized spacial score (nSPS) is 17.0. The van der Waals surface area contributed by atoms with Gasteiger partial charge in [-0.25, -0.2) is 0 Å². The van der Waals surface area contributed by atoms with E-state index in [1.165, 1.54) is 0 Å². The van der Waals surface area contributed by atoms with Gasteiger partial charge < -0.3 is 19.6 Å². The Labute approximate surface area is 162 Å². The molecule has 0 rings (SSSR count). The van der Waals surface area contributed by atoms with Crippen molar-refractivity contribution in [1.82, 2.24) is 0 Å². The summed E-state index contributed by atoms with van der Waals surface area (Å²) < 4.78 is 230. The van der Waals surface area contributed by atoms with Gasteiger partial charge in [-0.2, -0.15) is 70.2 Å². The quantitative estimate of drug-likeness (QED) is 0.246. The number of hydrogen-bond donors (Lipinski definition) is 4. The van der Waals surface area contributed by atoms with Gasteiger partial charge in [0.2, 0.25) is 0 Å². The maximum atomic E-state index is 13.3. The van der Waals surface area contributed by atoms with Crippen LogP contribution in [0.15, 0.2) is 0 Å². The van der Waals surface area contributed by atoms with Crippen molar-refractivity contribution < 1.29 is 99.0 Å². The first-order valence-corrected chi connectivity index (χ1v) is 9.61. The summed E-state index contributed by atoms with van der Waals surface area (Å²) in [5.74, 6) is -52.5. The molecule has 0 fully saturated rings. The minimum Gasteiger partial charge on any atom is -0.320 e. The average Bonchev–Trinajstić information content (AvgIpc) is 2.51. The Balaban J connectivity index is 7.06. The van der Waals surface area contributed by atoms with Crippen LogP contribution in [0.4, 0.5) is 70.2 Å². The van der Waals surface area contributed by atoms with Crippen molar-refractivity contribution in [2.24, 2.45) is 0 Å². The zero-order valence-electron chi connectivity index (χ0n) is 13.5. The second-order valence-corrected chi connectivity index (χ2v) is 8.92. The zero-order valence-corrected chi connectivity index (χ0v) is 15.3. The molecular formula is C8H4F16O6P2. The fourth-order valence-corrected chi connectivity index (χ4v) is 2.54. The lowest BCUT2D eigenvalue weighted by Crippen LogP contribution is -2.74. The molecule has 0 amide bonds. The first kappa shape index (κ1) is 31.2. The lowest BCUT2D eigenvalue weighted by molar-refractivity contribution is -0.445. The molecule has 0 atom stereocenters. The average molecular weight is 562 g/mol. The van der Waals surface area contributed by atoms with E-state index in [0.717, 1.165) is 0 Å². The minimum absolute atomic E-state index is 7.77. The third-order valence-electron chi connectivity index (χ3n) is 3.46. The van der Waals surface area contributed by atoms with Crippen LogP contribution in [0.2, 0.25) is 0 Å². The van der Waals surface area contributed by atoms with Crippen molar-refractivity contribution in [1.29, 1.82) is 0 Å². The van der Waals surface area contributed by atoms with Gasteiger partial charge in [0.05, 0.1) is 0 Å². The standard InChI is InChI=1S/C8H4F16O6P2/c9-1(10,3(13,14)5(17,18)7(21,22)31(25,26)27)2(11,12)4(15,16)6(19,20)8(23,24)32(28,29)30/h(H2,25,26,27)(H2,28,29,30). The number of hydrogen-bond acceptors (Lipinski definition) is 2. The van der Waals surface area contributed by atoms with E-state index < -0.39 is 62.1 Å². The summed E-state index contributed by atoms with van der Waals surface area (Å²) in [6.07, 6.45) is 0. The molecule has 0 unspecified atom stereocenters. The highest BCUT2D eigenvalue weighted by Crippen LogP contribution is 2.71. The molecule has 0 aromatic rings. The summed E-state index contributed by atoms with van der Waals surface area (Å²) in [5.41, 5.74) is -15.5. The van der Waals surface area contributed by atoms with Crippen LogP contribution in [0.5, 0.6) is 0 Å². The monoisotopic (exact) mass is 562 g/mol.